The highest BCUT2D eigenvalue weighted by atomic mass is 19.4. The van der Waals surface area contributed by atoms with Gasteiger partial charge in [0.05, 0.1) is 5.56 Å². The van der Waals surface area contributed by atoms with Gasteiger partial charge in [0.1, 0.15) is 5.69 Å². The summed E-state index contributed by atoms with van der Waals surface area (Å²) in [5, 5.41) is 4.00. The molecule has 7 nitrogen and oxygen atoms in total. The van der Waals surface area contributed by atoms with Gasteiger partial charge in [0, 0.05) is 43.2 Å². The Morgan fingerprint density at radius 3 is 2.45 bits per heavy atom. The molecule has 1 saturated heterocycles. The molecule has 3 aromatic heterocycles. The number of nitrogens with zero attached hydrogens (tertiary/aromatic N) is 5. The lowest BCUT2D eigenvalue weighted by molar-refractivity contribution is -0.141. The predicted octanol–water partition coefficient (Wildman–Crippen LogP) is 3.57. The van der Waals surface area contributed by atoms with Crippen LogP contribution in [0.3, 0.4) is 0 Å². The Morgan fingerprint density at radius 1 is 1.10 bits per heavy atom. The summed E-state index contributed by atoms with van der Waals surface area (Å²) in [7, 11) is 0. The molecule has 0 spiro atoms. The van der Waals surface area contributed by atoms with Crippen molar-refractivity contribution in [3.8, 4) is 11.4 Å². The van der Waals surface area contributed by atoms with E-state index in [0.29, 0.717) is 37.6 Å². The number of halogens is 3. The molecular formula is C19H16F3N5O2. The van der Waals surface area contributed by atoms with Gasteiger partial charge in [-0.25, -0.2) is 0 Å². The number of hydrogen-bond acceptors (Lipinski definition) is 6. The van der Waals surface area contributed by atoms with Crippen LogP contribution < -0.4 is 0 Å². The summed E-state index contributed by atoms with van der Waals surface area (Å²) < 4.78 is 43.2. The molecule has 0 saturated carbocycles. The van der Waals surface area contributed by atoms with E-state index in [1.807, 2.05) is 0 Å². The van der Waals surface area contributed by atoms with E-state index < -0.39 is 11.9 Å². The van der Waals surface area contributed by atoms with Crippen LogP contribution in [0.1, 0.15) is 40.7 Å². The fourth-order valence-electron chi connectivity index (χ4n) is 3.22. The van der Waals surface area contributed by atoms with E-state index in [4.69, 9.17) is 4.52 Å². The minimum atomic E-state index is -4.53. The summed E-state index contributed by atoms with van der Waals surface area (Å²) >= 11 is 0. The summed E-state index contributed by atoms with van der Waals surface area (Å²) in [6, 6.07) is 5.55. The van der Waals surface area contributed by atoms with Crippen molar-refractivity contribution >= 4 is 5.91 Å². The molecule has 0 N–H and O–H groups in total. The van der Waals surface area contributed by atoms with Gasteiger partial charge in [0.25, 0.3) is 5.91 Å². The van der Waals surface area contributed by atoms with Crippen LogP contribution in [0.15, 0.2) is 47.4 Å². The zero-order valence-corrected chi connectivity index (χ0v) is 15.1. The van der Waals surface area contributed by atoms with Crippen molar-refractivity contribution in [3.05, 3.63) is 60.0 Å². The van der Waals surface area contributed by atoms with Gasteiger partial charge >= 0.3 is 6.18 Å². The molecule has 0 aromatic carbocycles. The second-order valence-corrected chi connectivity index (χ2v) is 6.69. The molecule has 0 unspecified atom stereocenters. The highest BCUT2D eigenvalue weighted by molar-refractivity contribution is 5.94. The highest BCUT2D eigenvalue weighted by Gasteiger charge is 2.33. The van der Waals surface area contributed by atoms with E-state index in [0.717, 1.165) is 23.9 Å². The lowest BCUT2D eigenvalue weighted by Gasteiger charge is -2.30. The van der Waals surface area contributed by atoms with E-state index in [-0.39, 0.29) is 17.4 Å². The number of piperidine rings is 1. The number of hydrogen-bond donors (Lipinski definition) is 0. The lowest BCUT2D eigenvalue weighted by Crippen LogP contribution is -2.38. The van der Waals surface area contributed by atoms with Gasteiger partial charge in [-0.05, 0) is 37.1 Å². The molecule has 1 amide bonds. The predicted molar refractivity (Wildman–Crippen MR) is 94.6 cm³/mol. The van der Waals surface area contributed by atoms with Crippen molar-refractivity contribution in [3.63, 3.8) is 0 Å². The summed E-state index contributed by atoms with van der Waals surface area (Å²) in [5.41, 5.74) is -0.0826. The number of amides is 1. The zero-order chi connectivity index (χ0) is 20.4. The summed E-state index contributed by atoms with van der Waals surface area (Å²) in [6.45, 7) is 0.884. The molecule has 29 heavy (non-hydrogen) atoms. The SMILES string of the molecule is O=C(c1ccc(C(F)(F)F)nc1)N1CCC(c2nc(-c3ccncc3)no2)CC1. The van der Waals surface area contributed by atoms with Crippen LogP contribution in [0, 0.1) is 0 Å². The van der Waals surface area contributed by atoms with Crippen molar-refractivity contribution in [1.29, 1.82) is 0 Å². The first kappa shape index (κ1) is 19.0. The molecule has 1 aliphatic rings. The molecule has 150 valence electrons. The number of likely N-dealkylation sites (tertiary alicyclic amines) is 1. The fraction of sp³-hybridized carbons (Fsp3) is 0.316. The molecule has 10 heteroatoms. The molecule has 0 radical (unpaired) electrons. The number of carbonyl (C=O) groups excluding carboxylic acids is 1. The molecule has 0 atom stereocenters. The van der Waals surface area contributed by atoms with Crippen LogP contribution in [-0.2, 0) is 6.18 Å². The summed E-state index contributed by atoms with van der Waals surface area (Å²) in [6.07, 6.45) is 0.974. The van der Waals surface area contributed by atoms with Crippen LogP contribution in [0.2, 0.25) is 0 Å². The first-order chi connectivity index (χ1) is 13.9. The van der Waals surface area contributed by atoms with Gasteiger partial charge < -0.3 is 9.42 Å². The average Bonchev–Trinajstić information content (AvgIpc) is 3.24. The average molecular weight is 403 g/mol. The number of carbonyl (C=O) groups is 1. The van der Waals surface area contributed by atoms with Crippen LogP contribution >= 0.6 is 0 Å². The topological polar surface area (TPSA) is 85.0 Å². The quantitative estimate of drug-likeness (QED) is 0.665. The molecule has 3 aromatic rings. The Labute approximate surface area is 163 Å². The molecule has 4 rings (SSSR count). The number of rotatable bonds is 3. The van der Waals surface area contributed by atoms with Crippen molar-refractivity contribution in [2.24, 2.45) is 0 Å². The van der Waals surface area contributed by atoms with E-state index in [9.17, 15) is 18.0 Å². The summed E-state index contributed by atoms with van der Waals surface area (Å²) in [5.74, 6) is 0.678. The number of alkyl halides is 3. The Hall–Kier alpha value is -3.30. The normalized spacial score (nSPS) is 15.5. The van der Waals surface area contributed by atoms with Gasteiger partial charge in [-0.2, -0.15) is 18.2 Å². The first-order valence-corrected chi connectivity index (χ1v) is 8.98. The second-order valence-electron chi connectivity index (χ2n) is 6.69. The number of pyridine rings is 2. The third kappa shape index (κ3) is 4.10. The Morgan fingerprint density at radius 2 is 1.83 bits per heavy atom. The minimum absolute atomic E-state index is 0.0212. The van der Waals surface area contributed by atoms with Crippen molar-refractivity contribution < 1.29 is 22.5 Å². The zero-order valence-electron chi connectivity index (χ0n) is 15.1. The summed E-state index contributed by atoms with van der Waals surface area (Å²) in [4.78, 5) is 25.9. The van der Waals surface area contributed by atoms with Crippen LogP contribution in [-0.4, -0.2) is 44.0 Å². The van der Waals surface area contributed by atoms with Gasteiger partial charge in [-0.3, -0.25) is 14.8 Å². The van der Waals surface area contributed by atoms with Crippen molar-refractivity contribution in [1.82, 2.24) is 25.0 Å². The standard InChI is InChI=1S/C19H16F3N5O2/c20-19(21,22)15-2-1-14(11-24-15)18(28)27-9-5-13(6-10-27)17-25-16(26-29-17)12-3-7-23-8-4-12/h1-4,7-8,11,13H,5-6,9-10H2. The maximum absolute atomic E-state index is 12.6. The van der Waals surface area contributed by atoms with Gasteiger partial charge in [-0.1, -0.05) is 5.16 Å². The van der Waals surface area contributed by atoms with Crippen molar-refractivity contribution in [2.75, 3.05) is 13.1 Å². The Balaban J connectivity index is 1.38. The van der Waals surface area contributed by atoms with Gasteiger partial charge in [0.2, 0.25) is 11.7 Å². The molecule has 1 aliphatic heterocycles. The second kappa shape index (κ2) is 7.61. The Bertz CT molecular complexity index is 981. The third-order valence-electron chi connectivity index (χ3n) is 4.81. The van der Waals surface area contributed by atoms with E-state index in [2.05, 4.69) is 20.1 Å². The van der Waals surface area contributed by atoms with E-state index in [1.165, 1.54) is 0 Å². The maximum atomic E-state index is 12.6. The molecule has 1 fully saturated rings. The maximum Gasteiger partial charge on any atom is 0.433 e. The first-order valence-electron chi connectivity index (χ1n) is 8.98. The monoisotopic (exact) mass is 403 g/mol. The molecule has 0 bridgehead atoms. The smallest absolute Gasteiger partial charge is 0.339 e. The van der Waals surface area contributed by atoms with Crippen molar-refractivity contribution in [2.45, 2.75) is 24.9 Å². The molecule has 4 heterocycles. The highest BCUT2D eigenvalue weighted by Crippen LogP contribution is 2.30. The third-order valence-corrected chi connectivity index (χ3v) is 4.81. The van der Waals surface area contributed by atoms with Crippen LogP contribution in [0.4, 0.5) is 13.2 Å². The fourth-order valence-corrected chi connectivity index (χ4v) is 3.22. The Kier molecular flexibility index (Phi) is 4.99. The van der Waals surface area contributed by atoms with Crippen LogP contribution in [0.25, 0.3) is 11.4 Å². The molecular weight excluding hydrogens is 387 g/mol. The van der Waals surface area contributed by atoms with E-state index >= 15 is 0 Å². The molecule has 0 aliphatic carbocycles. The van der Waals surface area contributed by atoms with Gasteiger partial charge in [0.15, 0.2) is 0 Å². The largest absolute Gasteiger partial charge is 0.433 e. The lowest BCUT2D eigenvalue weighted by atomic mass is 9.96. The van der Waals surface area contributed by atoms with Gasteiger partial charge in [-0.15, -0.1) is 0 Å². The van der Waals surface area contributed by atoms with Crippen LogP contribution in [0.5, 0.6) is 0 Å². The minimum Gasteiger partial charge on any atom is -0.339 e. The van der Waals surface area contributed by atoms with E-state index in [1.54, 1.807) is 29.4 Å². The number of aromatic nitrogens is 4.